The topological polar surface area (TPSA) is 123 Å². The predicted octanol–water partition coefficient (Wildman–Crippen LogP) is 1.81. The standard InChI is InChI=1S/C21H31N5O5S/c1-6-26(15(2)3)18-9-7-17(8-10-18)24-19(27)14-31-21(28)11-12-22-32(29,30)20-13-25(5)16(4)23-20/h7-10,13,15,22H,6,11-12,14H2,1-5H3,(H,24,27). The summed E-state index contributed by atoms with van der Waals surface area (Å²) in [7, 11) is -2.14. The summed E-state index contributed by atoms with van der Waals surface area (Å²) in [4.78, 5) is 30.0. The molecule has 176 valence electrons. The number of benzene rings is 1. The number of carbonyl (C=O) groups is 2. The molecule has 1 amide bonds. The fraction of sp³-hybridized carbons (Fsp3) is 0.476. The average molecular weight is 466 g/mol. The lowest BCUT2D eigenvalue weighted by Gasteiger charge is -2.27. The smallest absolute Gasteiger partial charge is 0.307 e. The van der Waals surface area contributed by atoms with Crippen LogP contribution >= 0.6 is 0 Å². The van der Waals surface area contributed by atoms with E-state index >= 15 is 0 Å². The first-order chi connectivity index (χ1) is 15.0. The van der Waals surface area contributed by atoms with Gasteiger partial charge in [-0.2, -0.15) is 0 Å². The Morgan fingerprint density at radius 1 is 1.22 bits per heavy atom. The first-order valence-electron chi connectivity index (χ1n) is 10.3. The molecule has 0 saturated heterocycles. The number of rotatable bonds is 11. The molecule has 2 aromatic rings. The van der Waals surface area contributed by atoms with Crippen LogP contribution in [-0.2, 0) is 31.4 Å². The van der Waals surface area contributed by atoms with Crippen LogP contribution in [0.15, 0.2) is 35.5 Å². The monoisotopic (exact) mass is 465 g/mol. The molecule has 32 heavy (non-hydrogen) atoms. The molecular formula is C21H31N5O5S. The Hall–Kier alpha value is -2.92. The maximum absolute atomic E-state index is 12.2. The minimum atomic E-state index is -3.82. The summed E-state index contributed by atoms with van der Waals surface area (Å²) in [5.41, 5.74) is 1.64. The summed E-state index contributed by atoms with van der Waals surface area (Å²) in [5, 5.41) is 2.54. The van der Waals surface area contributed by atoms with E-state index in [4.69, 9.17) is 4.74 Å². The van der Waals surface area contributed by atoms with E-state index < -0.39 is 28.5 Å². The van der Waals surface area contributed by atoms with E-state index in [-0.39, 0.29) is 18.0 Å². The summed E-state index contributed by atoms with van der Waals surface area (Å²) in [6.07, 6.45) is 1.17. The van der Waals surface area contributed by atoms with Gasteiger partial charge in [0.15, 0.2) is 11.6 Å². The number of esters is 1. The largest absolute Gasteiger partial charge is 0.456 e. The highest BCUT2D eigenvalue weighted by Gasteiger charge is 2.19. The van der Waals surface area contributed by atoms with Crippen LogP contribution in [0.2, 0.25) is 0 Å². The van der Waals surface area contributed by atoms with Crippen LogP contribution < -0.4 is 14.9 Å². The molecule has 1 aromatic carbocycles. The van der Waals surface area contributed by atoms with Crippen LogP contribution in [0, 0.1) is 6.92 Å². The number of imidazole rings is 1. The molecule has 0 atom stereocenters. The molecule has 0 aliphatic carbocycles. The highest BCUT2D eigenvalue weighted by molar-refractivity contribution is 7.89. The lowest BCUT2D eigenvalue weighted by Crippen LogP contribution is -2.30. The minimum Gasteiger partial charge on any atom is -0.456 e. The summed E-state index contributed by atoms with van der Waals surface area (Å²) in [5.74, 6) is -0.620. The fourth-order valence-electron chi connectivity index (χ4n) is 3.01. The number of aromatic nitrogens is 2. The van der Waals surface area contributed by atoms with Gasteiger partial charge in [-0.3, -0.25) is 9.59 Å². The summed E-state index contributed by atoms with van der Waals surface area (Å²) in [6.45, 7) is 8.23. The van der Waals surface area contributed by atoms with Gasteiger partial charge in [0.1, 0.15) is 5.82 Å². The molecule has 11 heteroatoms. The van der Waals surface area contributed by atoms with Crippen molar-refractivity contribution < 1.29 is 22.7 Å². The van der Waals surface area contributed by atoms with Gasteiger partial charge in [-0.1, -0.05) is 0 Å². The molecule has 2 N–H and O–H groups in total. The van der Waals surface area contributed by atoms with Crippen molar-refractivity contribution in [1.82, 2.24) is 14.3 Å². The van der Waals surface area contributed by atoms with Gasteiger partial charge >= 0.3 is 5.97 Å². The molecular weight excluding hydrogens is 434 g/mol. The van der Waals surface area contributed by atoms with Gasteiger partial charge in [0.25, 0.3) is 15.9 Å². The molecule has 10 nitrogen and oxygen atoms in total. The van der Waals surface area contributed by atoms with Gasteiger partial charge in [-0.05, 0) is 52.0 Å². The van der Waals surface area contributed by atoms with Crippen LogP contribution in [0.4, 0.5) is 11.4 Å². The zero-order valence-electron chi connectivity index (χ0n) is 19.1. The summed E-state index contributed by atoms with van der Waals surface area (Å²) in [6, 6.07) is 7.76. The first-order valence-corrected chi connectivity index (χ1v) is 11.8. The molecule has 1 aromatic heterocycles. The second-order valence-corrected chi connectivity index (χ2v) is 9.23. The molecule has 0 aliphatic heterocycles. The van der Waals surface area contributed by atoms with Crippen molar-refractivity contribution in [3.63, 3.8) is 0 Å². The number of aryl methyl sites for hydroxylation is 2. The Morgan fingerprint density at radius 3 is 2.41 bits per heavy atom. The van der Waals surface area contributed by atoms with Crippen LogP contribution in [0.1, 0.15) is 33.0 Å². The minimum absolute atomic E-state index is 0.119. The van der Waals surface area contributed by atoms with Crippen molar-refractivity contribution in [1.29, 1.82) is 0 Å². The van der Waals surface area contributed by atoms with Crippen LogP contribution in [0.5, 0.6) is 0 Å². The highest BCUT2D eigenvalue weighted by Crippen LogP contribution is 2.19. The predicted molar refractivity (Wildman–Crippen MR) is 122 cm³/mol. The molecule has 1 heterocycles. The number of hydrogen-bond acceptors (Lipinski definition) is 7. The Bertz CT molecular complexity index is 1010. The van der Waals surface area contributed by atoms with E-state index in [1.807, 2.05) is 12.1 Å². The van der Waals surface area contributed by atoms with E-state index in [9.17, 15) is 18.0 Å². The number of ether oxygens (including phenoxy) is 1. The van der Waals surface area contributed by atoms with E-state index in [0.29, 0.717) is 17.6 Å². The molecule has 2 rings (SSSR count). The first kappa shape index (κ1) is 25.3. The Balaban J connectivity index is 1.75. The van der Waals surface area contributed by atoms with Crippen LogP contribution in [-0.4, -0.2) is 55.6 Å². The maximum Gasteiger partial charge on any atom is 0.307 e. The van der Waals surface area contributed by atoms with E-state index in [2.05, 4.69) is 40.7 Å². The molecule has 0 bridgehead atoms. The Labute approximate surface area is 189 Å². The molecule has 0 spiro atoms. The quantitative estimate of drug-likeness (QED) is 0.485. The molecule has 0 radical (unpaired) electrons. The van der Waals surface area contributed by atoms with Gasteiger partial charge in [-0.15, -0.1) is 0 Å². The van der Waals surface area contributed by atoms with Gasteiger partial charge in [0, 0.05) is 43.8 Å². The number of hydrogen-bond donors (Lipinski definition) is 2. The van der Waals surface area contributed by atoms with Crippen LogP contribution in [0.25, 0.3) is 0 Å². The second kappa shape index (κ2) is 11.1. The van der Waals surface area contributed by atoms with Gasteiger partial charge in [0.05, 0.1) is 6.42 Å². The number of sulfonamides is 1. The summed E-state index contributed by atoms with van der Waals surface area (Å²) >= 11 is 0. The molecule has 0 fully saturated rings. The molecule has 0 saturated carbocycles. The van der Waals surface area contributed by atoms with Gasteiger partial charge in [0.2, 0.25) is 0 Å². The third-order valence-corrected chi connectivity index (χ3v) is 6.13. The van der Waals surface area contributed by atoms with Crippen molar-refractivity contribution in [3.8, 4) is 0 Å². The average Bonchev–Trinajstić information content (AvgIpc) is 3.07. The number of carbonyl (C=O) groups excluding carboxylic acids is 2. The number of amides is 1. The normalized spacial score (nSPS) is 11.4. The zero-order valence-corrected chi connectivity index (χ0v) is 19.9. The number of nitrogens with zero attached hydrogens (tertiary/aromatic N) is 3. The Kier molecular flexibility index (Phi) is 8.79. The lowest BCUT2D eigenvalue weighted by molar-refractivity contribution is -0.147. The number of nitrogens with one attached hydrogen (secondary N) is 2. The third kappa shape index (κ3) is 7.06. The number of anilines is 2. The lowest BCUT2D eigenvalue weighted by atomic mass is 10.2. The van der Waals surface area contributed by atoms with E-state index in [0.717, 1.165) is 12.2 Å². The van der Waals surface area contributed by atoms with Gasteiger partial charge in [-0.25, -0.2) is 18.1 Å². The van der Waals surface area contributed by atoms with Crippen molar-refractivity contribution in [2.45, 2.75) is 45.2 Å². The van der Waals surface area contributed by atoms with Crippen molar-refractivity contribution in [2.24, 2.45) is 7.05 Å². The van der Waals surface area contributed by atoms with Crippen molar-refractivity contribution >= 4 is 33.3 Å². The van der Waals surface area contributed by atoms with E-state index in [1.165, 1.54) is 6.20 Å². The SMILES string of the molecule is CCN(c1ccc(NC(=O)COC(=O)CCNS(=O)(=O)c2cn(C)c(C)n2)cc1)C(C)C. The Morgan fingerprint density at radius 2 is 1.88 bits per heavy atom. The third-order valence-electron chi connectivity index (χ3n) is 4.79. The molecule has 0 unspecified atom stereocenters. The maximum atomic E-state index is 12.2. The fourth-order valence-corrected chi connectivity index (χ4v) is 4.08. The zero-order chi connectivity index (χ0) is 23.9. The van der Waals surface area contributed by atoms with Crippen LogP contribution in [0.3, 0.4) is 0 Å². The summed E-state index contributed by atoms with van der Waals surface area (Å²) < 4.78 is 33.1. The molecule has 0 aliphatic rings. The second-order valence-electron chi connectivity index (χ2n) is 7.52. The van der Waals surface area contributed by atoms with Crippen molar-refractivity contribution in [2.75, 3.05) is 29.9 Å². The van der Waals surface area contributed by atoms with Gasteiger partial charge < -0.3 is 19.5 Å². The van der Waals surface area contributed by atoms with E-state index in [1.54, 1.807) is 30.7 Å². The van der Waals surface area contributed by atoms with Crippen molar-refractivity contribution in [3.05, 3.63) is 36.3 Å². The highest BCUT2D eigenvalue weighted by atomic mass is 32.2.